The highest BCUT2D eigenvalue weighted by Crippen LogP contribution is 2.36. The highest BCUT2D eigenvalue weighted by atomic mass is 16.7. The Morgan fingerprint density at radius 1 is 1.15 bits per heavy atom. The van der Waals surface area contributed by atoms with Crippen LogP contribution in [0.5, 0.6) is 0 Å². The number of hydrogen-bond acceptors (Lipinski definition) is 3. The van der Waals surface area contributed by atoms with E-state index in [4.69, 9.17) is 9.31 Å². The molecule has 0 amide bonds. The average Bonchev–Trinajstić information content (AvgIpc) is 2.74. The maximum absolute atomic E-state index is 11.9. The zero-order valence-corrected chi connectivity index (χ0v) is 12.5. The number of aromatic nitrogens is 2. The molecule has 0 bridgehead atoms. The summed E-state index contributed by atoms with van der Waals surface area (Å²) >= 11 is 0. The van der Waals surface area contributed by atoms with E-state index >= 15 is 0 Å². The summed E-state index contributed by atoms with van der Waals surface area (Å²) in [5.74, 6) is 0. The first kappa shape index (κ1) is 13.5. The number of H-pyrrole nitrogens is 1. The SMILES string of the molecule is Cn1[nH]c(=O)c2cc(B3OC(C)(C)C(C)(C)O3)ccc21. The fourth-order valence-corrected chi connectivity index (χ4v) is 2.43. The van der Waals surface area contributed by atoms with Gasteiger partial charge in [-0.15, -0.1) is 0 Å². The fraction of sp³-hybridized carbons (Fsp3) is 0.500. The van der Waals surface area contributed by atoms with Gasteiger partial charge in [0.2, 0.25) is 0 Å². The second-order valence-corrected chi connectivity index (χ2v) is 6.36. The molecule has 1 fully saturated rings. The van der Waals surface area contributed by atoms with Crippen molar-refractivity contribution >= 4 is 23.5 Å². The second kappa shape index (κ2) is 3.99. The minimum Gasteiger partial charge on any atom is -0.399 e. The molecule has 1 aliphatic rings. The third-order valence-electron chi connectivity index (χ3n) is 4.42. The van der Waals surface area contributed by atoms with Gasteiger partial charge in [0.25, 0.3) is 5.56 Å². The van der Waals surface area contributed by atoms with Crippen molar-refractivity contribution in [3.05, 3.63) is 28.6 Å². The number of hydrogen-bond donors (Lipinski definition) is 1. The third-order valence-corrected chi connectivity index (χ3v) is 4.42. The number of rotatable bonds is 1. The lowest BCUT2D eigenvalue weighted by atomic mass is 9.78. The maximum Gasteiger partial charge on any atom is 0.494 e. The van der Waals surface area contributed by atoms with Crippen molar-refractivity contribution in [3.8, 4) is 0 Å². The molecule has 2 aromatic rings. The number of benzene rings is 1. The first-order valence-electron chi connectivity index (χ1n) is 6.75. The number of fused-ring (bicyclic) bond motifs is 1. The summed E-state index contributed by atoms with van der Waals surface area (Å²) in [6.07, 6.45) is 0. The van der Waals surface area contributed by atoms with Crippen LogP contribution in [0.25, 0.3) is 10.9 Å². The molecular weight excluding hydrogens is 255 g/mol. The Balaban J connectivity index is 2.04. The van der Waals surface area contributed by atoms with Crippen molar-refractivity contribution in [1.29, 1.82) is 0 Å². The molecule has 0 aliphatic carbocycles. The zero-order valence-electron chi connectivity index (χ0n) is 12.5. The summed E-state index contributed by atoms with van der Waals surface area (Å²) in [6.45, 7) is 8.06. The number of nitrogens with zero attached hydrogens (tertiary/aromatic N) is 1. The van der Waals surface area contributed by atoms with Crippen LogP contribution in [0.15, 0.2) is 23.0 Å². The van der Waals surface area contributed by atoms with E-state index < -0.39 is 7.12 Å². The van der Waals surface area contributed by atoms with Crippen LogP contribution in [-0.2, 0) is 16.4 Å². The Morgan fingerprint density at radius 3 is 2.35 bits per heavy atom. The van der Waals surface area contributed by atoms with E-state index in [1.54, 1.807) is 4.68 Å². The molecule has 0 atom stereocenters. The van der Waals surface area contributed by atoms with Gasteiger partial charge in [-0.25, -0.2) is 0 Å². The highest BCUT2D eigenvalue weighted by Gasteiger charge is 2.51. The monoisotopic (exact) mass is 274 g/mol. The molecule has 20 heavy (non-hydrogen) atoms. The topological polar surface area (TPSA) is 56.2 Å². The Labute approximate surface area is 118 Å². The lowest BCUT2D eigenvalue weighted by Gasteiger charge is -2.32. The Hall–Kier alpha value is -1.53. The van der Waals surface area contributed by atoms with E-state index in [-0.39, 0.29) is 16.8 Å². The summed E-state index contributed by atoms with van der Waals surface area (Å²) in [5, 5.41) is 3.40. The van der Waals surface area contributed by atoms with E-state index in [0.717, 1.165) is 11.0 Å². The molecule has 2 heterocycles. The average molecular weight is 274 g/mol. The van der Waals surface area contributed by atoms with Gasteiger partial charge in [0.15, 0.2) is 0 Å². The maximum atomic E-state index is 11.9. The molecule has 1 aliphatic heterocycles. The van der Waals surface area contributed by atoms with Crippen LogP contribution in [0.3, 0.4) is 0 Å². The molecule has 106 valence electrons. The lowest BCUT2D eigenvalue weighted by molar-refractivity contribution is 0.00578. The molecule has 5 nitrogen and oxygen atoms in total. The first-order chi connectivity index (χ1) is 9.21. The van der Waals surface area contributed by atoms with Gasteiger partial charge in [0, 0.05) is 7.05 Å². The molecule has 1 saturated heterocycles. The molecule has 0 spiro atoms. The van der Waals surface area contributed by atoms with Gasteiger partial charge in [-0.2, -0.15) is 0 Å². The van der Waals surface area contributed by atoms with E-state index in [1.165, 1.54) is 0 Å². The molecule has 3 rings (SSSR count). The van der Waals surface area contributed by atoms with Crippen LogP contribution < -0.4 is 11.0 Å². The fourth-order valence-electron chi connectivity index (χ4n) is 2.43. The summed E-state index contributed by atoms with van der Waals surface area (Å²) in [7, 11) is 1.38. The van der Waals surface area contributed by atoms with E-state index in [1.807, 2.05) is 52.9 Å². The summed E-state index contributed by atoms with van der Waals surface area (Å²) in [6, 6.07) is 5.70. The van der Waals surface area contributed by atoms with Gasteiger partial charge in [-0.1, -0.05) is 6.07 Å². The number of aryl methyl sites for hydroxylation is 1. The van der Waals surface area contributed by atoms with Crippen LogP contribution in [0.1, 0.15) is 27.7 Å². The standard InChI is InChI=1S/C14H19BN2O3/c1-13(2)14(3,4)20-15(19-13)9-6-7-11-10(8-9)12(18)16-17(11)5/h6-8H,1-5H3,(H,16,18). The molecule has 1 aromatic heterocycles. The van der Waals surface area contributed by atoms with Crippen molar-refractivity contribution < 1.29 is 9.31 Å². The van der Waals surface area contributed by atoms with Crippen molar-refractivity contribution in [3.63, 3.8) is 0 Å². The van der Waals surface area contributed by atoms with Crippen molar-refractivity contribution in [2.45, 2.75) is 38.9 Å². The molecule has 0 radical (unpaired) electrons. The normalized spacial score (nSPS) is 20.8. The Kier molecular flexibility index (Phi) is 2.69. The summed E-state index contributed by atoms with van der Waals surface area (Å²) < 4.78 is 13.7. The molecule has 0 unspecified atom stereocenters. The molecular formula is C14H19BN2O3. The van der Waals surface area contributed by atoms with Gasteiger partial charge in [-0.3, -0.25) is 14.6 Å². The molecule has 1 aromatic carbocycles. The van der Waals surface area contributed by atoms with E-state index in [0.29, 0.717) is 5.39 Å². The van der Waals surface area contributed by atoms with Crippen molar-refractivity contribution in [2.75, 3.05) is 0 Å². The Morgan fingerprint density at radius 2 is 1.75 bits per heavy atom. The Bertz CT molecular complexity index is 714. The lowest BCUT2D eigenvalue weighted by Crippen LogP contribution is -2.41. The molecule has 0 saturated carbocycles. The second-order valence-electron chi connectivity index (χ2n) is 6.36. The van der Waals surface area contributed by atoms with Gasteiger partial charge in [0.1, 0.15) is 0 Å². The van der Waals surface area contributed by atoms with Crippen molar-refractivity contribution in [2.24, 2.45) is 7.05 Å². The predicted molar refractivity (Wildman–Crippen MR) is 79.3 cm³/mol. The first-order valence-corrected chi connectivity index (χ1v) is 6.75. The van der Waals surface area contributed by atoms with Gasteiger partial charge in [-0.05, 0) is 45.3 Å². The van der Waals surface area contributed by atoms with E-state index in [2.05, 4.69) is 5.10 Å². The van der Waals surface area contributed by atoms with E-state index in [9.17, 15) is 4.79 Å². The zero-order chi connectivity index (χ0) is 14.7. The van der Waals surface area contributed by atoms with Crippen LogP contribution >= 0.6 is 0 Å². The molecule has 1 N–H and O–H groups in total. The summed E-state index contributed by atoms with van der Waals surface area (Å²) in [5.41, 5.74) is 0.884. The van der Waals surface area contributed by atoms with Gasteiger partial charge < -0.3 is 9.31 Å². The number of nitrogens with one attached hydrogen (secondary N) is 1. The quantitative estimate of drug-likeness (QED) is 0.794. The molecule has 6 heteroatoms. The van der Waals surface area contributed by atoms with Crippen LogP contribution in [0, 0.1) is 0 Å². The minimum absolute atomic E-state index is 0.0964. The largest absolute Gasteiger partial charge is 0.494 e. The van der Waals surface area contributed by atoms with Crippen LogP contribution in [0.2, 0.25) is 0 Å². The van der Waals surface area contributed by atoms with Crippen LogP contribution in [-0.4, -0.2) is 28.1 Å². The van der Waals surface area contributed by atoms with Crippen molar-refractivity contribution in [1.82, 2.24) is 9.78 Å². The van der Waals surface area contributed by atoms with Gasteiger partial charge >= 0.3 is 7.12 Å². The van der Waals surface area contributed by atoms with Crippen LogP contribution in [0.4, 0.5) is 0 Å². The third kappa shape index (κ3) is 1.83. The predicted octanol–water partition coefficient (Wildman–Crippen LogP) is 1.17. The number of aromatic amines is 1. The van der Waals surface area contributed by atoms with Gasteiger partial charge in [0.05, 0.1) is 22.1 Å². The minimum atomic E-state index is -0.441. The highest BCUT2D eigenvalue weighted by molar-refractivity contribution is 6.62. The smallest absolute Gasteiger partial charge is 0.399 e. The summed E-state index contributed by atoms with van der Waals surface area (Å²) in [4.78, 5) is 11.9.